The summed E-state index contributed by atoms with van der Waals surface area (Å²) in [5.74, 6) is 0.214. The van der Waals surface area contributed by atoms with E-state index in [1.807, 2.05) is 12.1 Å². The fraction of sp³-hybridized carbons (Fsp3) is 0.368. The Morgan fingerprint density at radius 1 is 1.25 bits per heavy atom. The van der Waals surface area contributed by atoms with Gasteiger partial charge in [0.2, 0.25) is 6.86 Å². The Hall–Kier alpha value is -2.27. The fourth-order valence-corrected chi connectivity index (χ4v) is 4.15. The summed E-state index contributed by atoms with van der Waals surface area (Å²) in [5, 5.41) is 20.3. The van der Waals surface area contributed by atoms with E-state index in [0.717, 1.165) is 42.6 Å². The van der Waals surface area contributed by atoms with Gasteiger partial charge in [0.15, 0.2) is 11.5 Å². The third-order valence-corrected chi connectivity index (χ3v) is 5.23. The lowest BCUT2D eigenvalue weighted by Gasteiger charge is -2.41. The van der Waals surface area contributed by atoms with Crippen LogP contribution in [0.1, 0.15) is 29.7 Å². The summed E-state index contributed by atoms with van der Waals surface area (Å²) in [6.07, 6.45) is 1.66. The maximum Gasteiger partial charge on any atom is 0.228 e. The van der Waals surface area contributed by atoms with Gasteiger partial charge in [0.1, 0.15) is 5.75 Å². The number of nitrogens with zero attached hydrogens (tertiary/aromatic N) is 1. The van der Waals surface area contributed by atoms with Gasteiger partial charge in [0.05, 0.1) is 0 Å². The second kappa shape index (κ2) is 5.67. The van der Waals surface area contributed by atoms with Gasteiger partial charge in [-0.3, -0.25) is 4.90 Å². The number of phenolic OH excluding ortho intramolecular Hbond substituents is 2. The zero-order chi connectivity index (χ0) is 16.8. The number of phenols is 2. The average Bonchev–Trinajstić information content (AvgIpc) is 2.58. The Kier molecular flexibility index (Phi) is 3.61. The maximum atomic E-state index is 12.7. The molecular formula is C19H20FNO3. The normalized spacial score (nSPS) is 18.8. The molecule has 2 aliphatic rings. The summed E-state index contributed by atoms with van der Waals surface area (Å²) < 4.78 is 17.8. The van der Waals surface area contributed by atoms with Gasteiger partial charge in [-0.05, 0) is 59.8 Å². The van der Waals surface area contributed by atoms with Gasteiger partial charge in [-0.15, -0.1) is 0 Å². The molecule has 2 aromatic rings. The van der Waals surface area contributed by atoms with Crippen LogP contribution in [0.3, 0.4) is 0 Å². The summed E-state index contributed by atoms with van der Waals surface area (Å²) >= 11 is 0. The van der Waals surface area contributed by atoms with Crippen molar-refractivity contribution in [3.8, 4) is 28.4 Å². The monoisotopic (exact) mass is 329 g/mol. The van der Waals surface area contributed by atoms with Crippen LogP contribution in [0.15, 0.2) is 24.3 Å². The molecule has 0 saturated heterocycles. The topological polar surface area (TPSA) is 52.9 Å². The number of fused-ring (bicyclic) bond motifs is 2. The highest BCUT2D eigenvalue weighted by Crippen LogP contribution is 2.51. The molecule has 1 atom stereocenters. The highest BCUT2D eigenvalue weighted by molar-refractivity contribution is 5.83. The Balaban J connectivity index is 1.99. The molecule has 1 aliphatic heterocycles. The number of aromatic hydroxyl groups is 2. The highest BCUT2D eigenvalue weighted by Gasteiger charge is 2.35. The van der Waals surface area contributed by atoms with E-state index in [1.165, 1.54) is 11.6 Å². The molecule has 5 heteroatoms. The van der Waals surface area contributed by atoms with Gasteiger partial charge in [-0.2, -0.15) is 0 Å². The highest BCUT2D eigenvalue weighted by atomic mass is 19.1. The van der Waals surface area contributed by atoms with Crippen molar-refractivity contribution in [1.29, 1.82) is 0 Å². The zero-order valence-electron chi connectivity index (χ0n) is 13.6. The van der Waals surface area contributed by atoms with Crippen molar-refractivity contribution in [3.05, 3.63) is 41.0 Å². The molecule has 0 amide bonds. The van der Waals surface area contributed by atoms with Crippen molar-refractivity contribution in [2.75, 3.05) is 20.0 Å². The third-order valence-electron chi connectivity index (χ3n) is 5.23. The van der Waals surface area contributed by atoms with Crippen molar-refractivity contribution in [3.63, 3.8) is 0 Å². The lowest BCUT2D eigenvalue weighted by atomic mass is 9.76. The van der Waals surface area contributed by atoms with Crippen LogP contribution in [0, 0.1) is 0 Å². The van der Waals surface area contributed by atoms with Crippen LogP contribution >= 0.6 is 0 Å². The standard InChI is InChI=1S/C19H20FNO3/c1-2-21-6-5-12-7-13(24-10-20)9-14-17(12)15(21)8-11-3-4-16(22)19(23)18(11)14/h3-4,7,9,15,22-23H,2,5-6,8,10H2,1H3/t15-/m1/s1. The van der Waals surface area contributed by atoms with Gasteiger partial charge < -0.3 is 14.9 Å². The van der Waals surface area contributed by atoms with Gasteiger partial charge >= 0.3 is 0 Å². The van der Waals surface area contributed by atoms with Crippen LogP contribution in [0.2, 0.25) is 0 Å². The quantitative estimate of drug-likeness (QED) is 0.846. The Bertz CT molecular complexity index is 806. The van der Waals surface area contributed by atoms with E-state index in [4.69, 9.17) is 4.74 Å². The van der Waals surface area contributed by atoms with Crippen molar-refractivity contribution < 1.29 is 19.3 Å². The molecule has 1 heterocycles. The van der Waals surface area contributed by atoms with Crippen LogP contribution in [-0.4, -0.2) is 35.1 Å². The smallest absolute Gasteiger partial charge is 0.228 e. The van der Waals surface area contributed by atoms with Gasteiger partial charge in [-0.1, -0.05) is 13.0 Å². The summed E-state index contributed by atoms with van der Waals surface area (Å²) in [5.41, 5.74) is 4.78. The first-order chi connectivity index (χ1) is 11.6. The molecule has 1 aliphatic carbocycles. The molecule has 4 nitrogen and oxygen atoms in total. The van der Waals surface area contributed by atoms with Crippen molar-refractivity contribution >= 4 is 0 Å². The van der Waals surface area contributed by atoms with Gasteiger partial charge in [0.25, 0.3) is 0 Å². The molecule has 2 aromatic carbocycles. The summed E-state index contributed by atoms with van der Waals surface area (Å²) in [6, 6.07) is 7.31. The van der Waals surface area contributed by atoms with E-state index in [9.17, 15) is 14.6 Å². The fourth-order valence-electron chi connectivity index (χ4n) is 4.15. The minimum Gasteiger partial charge on any atom is -0.504 e. The van der Waals surface area contributed by atoms with Crippen LogP contribution < -0.4 is 4.74 Å². The minimum absolute atomic E-state index is 0.112. The first kappa shape index (κ1) is 15.3. The molecule has 0 spiro atoms. The Morgan fingerprint density at radius 2 is 2.08 bits per heavy atom. The van der Waals surface area contributed by atoms with Crippen LogP contribution in [0.5, 0.6) is 17.2 Å². The van der Waals surface area contributed by atoms with E-state index in [-0.39, 0.29) is 17.5 Å². The van der Waals surface area contributed by atoms with E-state index in [2.05, 4.69) is 11.8 Å². The van der Waals surface area contributed by atoms with E-state index in [0.29, 0.717) is 11.3 Å². The number of rotatable bonds is 3. The molecule has 0 bridgehead atoms. The average molecular weight is 329 g/mol. The predicted molar refractivity (Wildman–Crippen MR) is 89.2 cm³/mol. The second-order valence-corrected chi connectivity index (χ2v) is 6.36. The number of alkyl halides is 1. The largest absolute Gasteiger partial charge is 0.504 e. The van der Waals surface area contributed by atoms with Crippen LogP contribution in [-0.2, 0) is 12.8 Å². The first-order valence-electron chi connectivity index (χ1n) is 8.27. The molecule has 0 fully saturated rings. The lowest BCUT2D eigenvalue weighted by Crippen LogP contribution is -2.38. The lowest BCUT2D eigenvalue weighted by molar-refractivity contribution is 0.185. The van der Waals surface area contributed by atoms with Gasteiger partial charge in [0, 0.05) is 18.2 Å². The first-order valence-corrected chi connectivity index (χ1v) is 8.27. The van der Waals surface area contributed by atoms with Crippen LogP contribution in [0.4, 0.5) is 4.39 Å². The summed E-state index contributed by atoms with van der Waals surface area (Å²) in [4.78, 5) is 2.42. The summed E-state index contributed by atoms with van der Waals surface area (Å²) in [7, 11) is 0. The zero-order valence-corrected chi connectivity index (χ0v) is 13.6. The molecule has 0 aromatic heterocycles. The number of halogens is 1. The Morgan fingerprint density at radius 3 is 2.83 bits per heavy atom. The van der Waals surface area contributed by atoms with Crippen molar-refractivity contribution in [2.24, 2.45) is 0 Å². The third kappa shape index (κ3) is 2.15. The number of ether oxygens (including phenoxy) is 1. The SMILES string of the molecule is CCN1CCc2cc(OCF)cc3c2[C@H]1Cc1ccc(O)c(O)c1-3. The maximum absolute atomic E-state index is 12.7. The molecule has 4 rings (SSSR count). The summed E-state index contributed by atoms with van der Waals surface area (Å²) in [6.45, 7) is 3.16. The molecule has 0 radical (unpaired) electrons. The van der Waals surface area contributed by atoms with Crippen molar-refractivity contribution in [2.45, 2.75) is 25.8 Å². The number of hydrogen-bond donors (Lipinski definition) is 2. The number of likely N-dealkylation sites (N-methyl/N-ethyl adjacent to an activating group) is 1. The molecule has 0 saturated carbocycles. The molecule has 0 unspecified atom stereocenters. The number of hydrogen-bond acceptors (Lipinski definition) is 4. The minimum atomic E-state index is -0.887. The van der Waals surface area contributed by atoms with Gasteiger partial charge in [-0.25, -0.2) is 4.39 Å². The van der Waals surface area contributed by atoms with E-state index >= 15 is 0 Å². The molecule has 24 heavy (non-hydrogen) atoms. The van der Waals surface area contributed by atoms with Crippen molar-refractivity contribution in [1.82, 2.24) is 4.90 Å². The molecule has 126 valence electrons. The molecular weight excluding hydrogens is 309 g/mol. The van der Waals surface area contributed by atoms with Crippen LogP contribution in [0.25, 0.3) is 11.1 Å². The second-order valence-electron chi connectivity index (χ2n) is 6.36. The Labute approximate surface area is 140 Å². The number of benzene rings is 2. The molecule has 2 N–H and O–H groups in total. The predicted octanol–water partition coefficient (Wildman–Crippen LogP) is 3.55. The van der Waals surface area contributed by atoms with E-state index < -0.39 is 6.86 Å². The van der Waals surface area contributed by atoms with E-state index in [1.54, 1.807) is 6.07 Å².